The van der Waals surface area contributed by atoms with E-state index in [1.807, 2.05) is 0 Å². The molecule has 0 unspecified atom stereocenters. The first kappa shape index (κ1) is 51.1. The number of methoxy groups -OCH3 is 2. The zero-order valence-corrected chi connectivity index (χ0v) is 23.2. The molecule has 0 bridgehead atoms. The number of carbonyl (C=O) groups is 2. The van der Waals surface area contributed by atoms with Gasteiger partial charge in [-0.15, -0.1) is 0 Å². The fourth-order valence-corrected chi connectivity index (χ4v) is 1.57. The second-order valence-electron chi connectivity index (χ2n) is 4.66. The maximum Gasteiger partial charge on any atom is 3.00 e. The Bertz CT molecular complexity index is 853. The maximum absolute atomic E-state index is 11.1. The molecule has 1 radical (unpaired) electrons. The molecule has 2 aromatic rings. The number of benzene rings is 2. The number of rotatable bonds is 4. The van der Waals surface area contributed by atoms with Crippen LogP contribution < -0.4 is 19.7 Å². The van der Waals surface area contributed by atoms with Gasteiger partial charge in [-0.3, -0.25) is 9.59 Å². The molecule has 0 spiro atoms. The molecule has 0 heterocycles. The van der Waals surface area contributed by atoms with E-state index in [1.54, 1.807) is 12.1 Å². The number of para-hydroxylation sites is 2. The normalized spacial score (nSPS) is 7.21. The van der Waals surface area contributed by atoms with Crippen LogP contribution in [0.1, 0.15) is 20.7 Å². The summed E-state index contributed by atoms with van der Waals surface area (Å²) in [5.74, 6) is -0.306. The Labute approximate surface area is 255 Å². The Morgan fingerprint density at radius 2 is 0.842 bits per heavy atom. The number of aldehydes is 2. The first-order valence-corrected chi connectivity index (χ1v) is 7.81. The number of hydrogen-bond acceptors (Lipinski definition) is 15. The van der Waals surface area contributed by atoms with Crippen LogP contribution in [-0.4, -0.2) is 42.1 Å². The predicted octanol–water partition coefficient (Wildman–Crippen LogP) is -1.40. The van der Waals surface area contributed by atoms with E-state index >= 15 is 0 Å². The monoisotopic (exact) mass is 724 g/mol. The average Bonchev–Trinajstić information content (AvgIpc) is 2.73. The van der Waals surface area contributed by atoms with Gasteiger partial charge in [-0.25, -0.2) is 0 Å². The minimum atomic E-state index is -1.75. The van der Waals surface area contributed by atoms with Gasteiger partial charge in [0.15, 0.2) is 0 Å². The second kappa shape index (κ2) is 31.4. The fourth-order valence-electron chi connectivity index (χ4n) is 1.57. The standard InChI is InChI=1S/2C8H8O3.Ce.3NO3.Ni.2H2O/c2*1-11-7-4-2-3-6(5-9)8(7)10;;3*2-1(3)4;;;/h2*2-5,10H,1H3;;;;;;2*1H2/q;;+3;3*-1;+2;;. The third-order valence-electron chi connectivity index (χ3n) is 2.71. The van der Waals surface area contributed by atoms with Crippen molar-refractivity contribution < 1.29 is 114 Å². The predicted molar refractivity (Wildman–Crippen MR) is 116 cm³/mol. The van der Waals surface area contributed by atoms with Gasteiger partial charge >= 0.3 is 58.2 Å². The smallest absolute Gasteiger partial charge is 0.869 e. The molecular formula is C16H20CeN3NiO17+2. The quantitative estimate of drug-likeness (QED) is 0.115. The van der Waals surface area contributed by atoms with Crippen molar-refractivity contribution in [1.29, 1.82) is 0 Å². The largest absolute Gasteiger partial charge is 3.00 e. The van der Waals surface area contributed by atoms with E-state index in [2.05, 4.69) is 0 Å². The summed E-state index contributed by atoms with van der Waals surface area (Å²) in [5, 5.41) is 66.4. The summed E-state index contributed by atoms with van der Waals surface area (Å²) < 4.78 is 9.43. The van der Waals surface area contributed by atoms with Crippen LogP contribution in [0.15, 0.2) is 36.4 Å². The second-order valence-corrected chi connectivity index (χ2v) is 4.66. The fraction of sp³-hybridized carbons (Fsp3) is 0.125. The molecule has 22 heteroatoms. The van der Waals surface area contributed by atoms with Gasteiger partial charge in [0.2, 0.25) is 0 Å². The Balaban J connectivity index is -0.0000000669. The zero-order chi connectivity index (χ0) is 27.3. The number of ether oxygens (including phenoxy) is 2. The molecular weight excluding hydrogens is 705 g/mol. The molecule has 0 saturated heterocycles. The van der Waals surface area contributed by atoms with Crippen LogP contribution >= 0.6 is 0 Å². The van der Waals surface area contributed by atoms with Crippen LogP contribution in [0, 0.1) is 87.7 Å². The molecule has 0 fully saturated rings. The Morgan fingerprint density at radius 1 is 0.632 bits per heavy atom. The number of hydrogen-bond donors (Lipinski definition) is 0. The molecule has 213 valence electrons. The van der Waals surface area contributed by atoms with Gasteiger partial charge in [0.25, 0.3) is 0 Å². The Kier molecular flexibility index (Phi) is 42.2. The van der Waals surface area contributed by atoms with E-state index in [-0.39, 0.29) is 103 Å². The van der Waals surface area contributed by atoms with Gasteiger partial charge in [-0.05, 0) is 12.1 Å². The molecule has 6 N–H and O–H groups in total. The molecule has 0 aliphatic rings. The van der Waals surface area contributed by atoms with Crippen molar-refractivity contribution in [3.63, 3.8) is 0 Å². The number of carbonyl (C=O) groups excluding carboxylic acids is 2. The average molecular weight is 725 g/mol. The molecule has 0 saturated carbocycles. The van der Waals surface area contributed by atoms with Gasteiger partial charge < -0.3 is 76.6 Å². The summed E-state index contributed by atoms with van der Waals surface area (Å²) in [6, 6.07) is 9.16. The third kappa shape index (κ3) is 30.4. The summed E-state index contributed by atoms with van der Waals surface area (Å²) in [7, 11) is 2.79. The molecule has 0 amide bonds. The van der Waals surface area contributed by atoms with Crippen molar-refractivity contribution >= 4 is 12.6 Å². The van der Waals surface area contributed by atoms with Crippen molar-refractivity contribution in [2.24, 2.45) is 0 Å². The molecule has 0 aliphatic carbocycles. The van der Waals surface area contributed by atoms with Crippen LogP contribution in [0.25, 0.3) is 0 Å². The minimum Gasteiger partial charge on any atom is -0.869 e. The molecule has 20 nitrogen and oxygen atoms in total. The van der Waals surface area contributed by atoms with Gasteiger partial charge in [-0.1, -0.05) is 35.8 Å². The molecule has 0 aromatic heterocycles. The summed E-state index contributed by atoms with van der Waals surface area (Å²) in [5.41, 5.74) is 0.258. The van der Waals surface area contributed by atoms with Gasteiger partial charge in [-0.2, -0.15) is 0 Å². The first-order chi connectivity index (χ1) is 15.8. The molecule has 0 aliphatic heterocycles. The van der Waals surface area contributed by atoms with Crippen LogP contribution in [0.5, 0.6) is 23.0 Å². The first-order valence-electron chi connectivity index (χ1n) is 7.81. The number of nitrogens with zero attached hydrogens (tertiary/aromatic N) is 3. The van der Waals surface area contributed by atoms with E-state index in [1.165, 1.54) is 38.5 Å². The summed E-state index contributed by atoms with van der Waals surface area (Å²) in [6.07, 6.45) is 1.04. The van der Waals surface area contributed by atoms with Crippen LogP contribution in [0.3, 0.4) is 0 Å². The zero-order valence-electron chi connectivity index (χ0n) is 19.1. The van der Waals surface area contributed by atoms with E-state index < -0.39 is 15.3 Å². The maximum atomic E-state index is 11.1. The van der Waals surface area contributed by atoms with E-state index in [0.29, 0.717) is 12.6 Å². The van der Waals surface area contributed by atoms with Crippen molar-refractivity contribution in [3.05, 3.63) is 93.5 Å². The van der Waals surface area contributed by atoms with Crippen LogP contribution in [-0.2, 0) is 27.4 Å². The molecule has 2 rings (SSSR count). The van der Waals surface area contributed by atoms with Crippen molar-refractivity contribution in [2.75, 3.05) is 14.2 Å². The molecule has 38 heavy (non-hydrogen) atoms. The SMILES string of the molecule is COc1cccc(C=O)c1[O-].COc1cccc(C=O)c1[O-].O=[N+]([O-])[O-].O=[N+]([O-])[O-].O=[N+]([O-])[O-].[Ce+3].[Ni+2].[OH3+].[OH3+]. The van der Waals surface area contributed by atoms with Gasteiger partial charge in [0.05, 0.1) is 29.5 Å². The van der Waals surface area contributed by atoms with E-state index in [0.717, 1.165) is 0 Å². The van der Waals surface area contributed by atoms with Crippen LogP contribution in [0.4, 0.5) is 0 Å². The topological polar surface area (TPSA) is 363 Å². The van der Waals surface area contributed by atoms with Crippen molar-refractivity contribution in [3.8, 4) is 23.0 Å². The molecule has 0 atom stereocenters. The van der Waals surface area contributed by atoms with Crippen molar-refractivity contribution in [1.82, 2.24) is 0 Å². The Hall–Kier alpha value is -3.63. The summed E-state index contributed by atoms with van der Waals surface area (Å²) in [4.78, 5) is 45.2. The van der Waals surface area contributed by atoms with E-state index in [4.69, 9.17) is 55.4 Å². The summed E-state index contributed by atoms with van der Waals surface area (Å²) >= 11 is 0. The third-order valence-corrected chi connectivity index (χ3v) is 2.71. The van der Waals surface area contributed by atoms with Gasteiger partial charge in [0, 0.05) is 11.1 Å². The van der Waals surface area contributed by atoms with Gasteiger partial charge in [0.1, 0.15) is 24.1 Å². The van der Waals surface area contributed by atoms with Crippen molar-refractivity contribution in [2.45, 2.75) is 0 Å². The van der Waals surface area contributed by atoms with Crippen LogP contribution in [0.2, 0.25) is 0 Å². The molecule has 2 aromatic carbocycles. The summed E-state index contributed by atoms with van der Waals surface area (Å²) in [6.45, 7) is 0. The Morgan fingerprint density at radius 3 is 1.00 bits per heavy atom. The van der Waals surface area contributed by atoms with E-state index in [9.17, 15) is 19.8 Å². The minimum absolute atomic E-state index is 0.